The lowest BCUT2D eigenvalue weighted by atomic mass is 10.0. The summed E-state index contributed by atoms with van der Waals surface area (Å²) in [4.78, 5) is 45.8. The minimum Gasteiger partial charge on any atom is -0.322 e. The molecule has 3 amide bonds. The number of benzene rings is 4. The molecule has 11 nitrogen and oxygen atoms in total. The van der Waals surface area contributed by atoms with E-state index in [0.717, 1.165) is 17.2 Å². The van der Waals surface area contributed by atoms with Crippen molar-refractivity contribution in [3.05, 3.63) is 122 Å². The number of non-ortho nitro benzene ring substituents is 1. The zero-order chi connectivity index (χ0) is 27.2. The molecular weight excluding hydrogens is 514 g/mol. The minimum absolute atomic E-state index is 0.0149. The van der Waals surface area contributed by atoms with Crippen molar-refractivity contribution in [1.29, 1.82) is 0 Å². The van der Waals surface area contributed by atoms with Crippen LogP contribution in [-0.2, 0) is 0 Å². The van der Waals surface area contributed by atoms with Crippen molar-refractivity contribution in [2.24, 2.45) is 0 Å². The SMILES string of the molecule is O=C(Nc1ccc(-c2ccc(NC(=O)c3cc([N+](=O)[O-])ccc3Cl)cc2)cc1)Nc1ccccc1[N+](=O)[O-]. The van der Waals surface area contributed by atoms with E-state index in [1.807, 2.05) is 0 Å². The van der Waals surface area contributed by atoms with E-state index < -0.39 is 21.8 Å². The van der Waals surface area contributed by atoms with Gasteiger partial charge < -0.3 is 16.0 Å². The molecule has 0 aliphatic carbocycles. The topological polar surface area (TPSA) is 157 Å². The van der Waals surface area contributed by atoms with Crippen LogP contribution < -0.4 is 16.0 Å². The molecule has 0 saturated heterocycles. The van der Waals surface area contributed by atoms with Gasteiger partial charge in [-0.05, 0) is 47.5 Å². The van der Waals surface area contributed by atoms with Crippen molar-refractivity contribution >= 4 is 52.0 Å². The lowest BCUT2D eigenvalue weighted by molar-refractivity contribution is -0.384. The first-order valence-electron chi connectivity index (χ1n) is 11.0. The van der Waals surface area contributed by atoms with E-state index >= 15 is 0 Å². The summed E-state index contributed by atoms with van der Waals surface area (Å²) in [7, 11) is 0. The molecule has 0 radical (unpaired) electrons. The number of hydrogen-bond donors (Lipinski definition) is 3. The molecule has 12 heteroatoms. The molecule has 38 heavy (non-hydrogen) atoms. The van der Waals surface area contributed by atoms with Crippen LogP contribution >= 0.6 is 11.6 Å². The van der Waals surface area contributed by atoms with Crippen molar-refractivity contribution in [3.8, 4) is 11.1 Å². The van der Waals surface area contributed by atoms with Gasteiger partial charge in [-0.15, -0.1) is 0 Å². The predicted molar refractivity (Wildman–Crippen MR) is 144 cm³/mol. The molecule has 0 unspecified atom stereocenters. The third-order valence-corrected chi connectivity index (χ3v) is 5.70. The van der Waals surface area contributed by atoms with Crippen molar-refractivity contribution in [1.82, 2.24) is 0 Å². The van der Waals surface area contributed by atoms with Gasteiger partial charge in [0.05, 0.1) is 20.4 Å². The van der Waals surface area contributed by atoms with Gasteiger partial charge in [0.15, 0.2) is 0 Å². The molecule has 0 bridgehead atoms. The Morgan fingerprint density at radius 2 is 1.26 bits per heavy atom. The second-order valence-electron chi connectivity index (χ2n) is 7.88. The van der Waals surface area contributed by atoms with Crippen LogP contribution in [0.15, 0.2) is 91.0 Å². The Bertz CT molecular complexity index is 1540. The van der Waals surface area contributed by atoms with Gasteiger partial charge in [-0.3, -0.25) is 25.0 Å². The van der Waals surface area contributed by atoms with Crippen LogP contribution in [0.4, 0.5) is 33.2 Å². The van der Waals surface area contributed by atoms with Gasteiger partial charge >= 0.3 is 6.03 Å². The Labute approximate surface area is 220 Å². The zero-order valence-corrected chi connectivity index (χ0v) is 20.1. The van der Waals surface area contributed by atoms with Gasteiger partial charge in [-0.25, -0.2) is 4.79 Å². The number of para-hydroxylation sites is 2. The fraction of sp³-hybridized carbons (Fsp3) is 0. The molecule has 0 aliphatic heterocycles. The largest absolute Gasteiger partial charge is 0.323 e. The number of halogens is 1. The Kier molecular flexibility index (Phi) is 7.59. The number of anilines is 3. The van der Waals surface area contributed by atoms with E-state index in [-0.39, 0.29) is 27.6 Å². The summed E-state index contributed by atoms with van der Waals surface area (Å²) >= 11 is 6.03. The average Bonchev–Trinajstić information content (AvgIpc) is 2.90. The normalized spacial score (nSPS) is 10.3. The van der Waals surface area contributed by atoms with Gasteiger partial charge in [0.2, 0.25) is 0 Å². The number of carbonyl (C=O) groups excluding carboxylic acids is 2. The van der Waals surface area contributed by atoms with Gasteiger partial charge in [0.25, 0.3) is 17.3 Å². The van der Waals surface area contributed by atoms with Crippen molar-refractivity contribution < 1.29 is 19.4 Å². The number of rotatable bonds is 7. The number of urea groups is 1. The minimum atomic E-state index is -0.629. The second kappa shape index (κ2) is 11.2. The van der Waals surface area contributed by atoms with E-state index in [1.165, 1.54) is 30.3 Å². The zero-order valence-electron chi connectivity index (χ0n) is 19.4. The van der Waals surface area contributed by atoms with Crippen molar-refractivity contribution in [3.63, 3.8) is 0 Å². The standard InChI is InChI=1S/C26H18ClN5O6/c27-22-14-13-20(31(35)36)15-21(22)25(33)28-18-9-5-16(6-10-18)17-7-11-19(12-8-17)29-26(34)30-23-3-1-2-4-24(23)32(37)38/h1-15H,(H,28,33)(H2,29,30,34). The van der Waals surface area contributed by atoms with Gasteiger partial charge in [-0.1, -0.05) is 48.0 Å². The van der Waals surface area contributed by atoms with Crippen LogP contribution in [0, 0.1) is 20.2 Å². The van der Waals surface area contributed by atoms with Crippen LogP contribution in [0.2, 0.25) is 5.02 Å². The quantitative estimate of drug-likeness (QED) is 0.177. The molecule has 0 heterocycles. The van der Waals surface area contributed by atoms with Crippen molar-refractivity contribution in [2.45, 2.75) is 0 Å². The lowest BCUT2D eigenvalue weighted by Gasteiger charge is -2.10. The molecule has 190 valence electrons. The van der Waals surface area contributed by atoms with E-state index in [1.54, 1.807) is 54.6 Å². The maximum atomic E-state index is 12.6. The molecule has 3 N–H and O–H groups in total. The molecule has 0 atom stereocenters. The summed E-state index contributed by atoms with van der Waals surface area (Å²) in [5.74, 6) is -0.582. The smallest absolute Gasteiger partial charge is 0.322 e. The molecule has 0 spiro atoms. The number of nitrogens with zero attached hydrogens (tertiary/aromatic N) is 2. The first kappa shape index (κ1) is 25.8. The van der Waals surface area contributed by atoms with E-state index in [2.05, 4.69) is 16.0 Å². The molecule has 4 aromatic rings. The van der Waals surface area contributed by atoms with Gasteiger partial charge in [0, 0.05) is 29.6 Å². The Morgan fingerprint density at radius 3 is 1.84 bits per heavy atom. The summed E-state index contributed by atoms with van der Waals surface area (Å²) in [6, 6.07) is 22.6. The van der Waals surface area contributed by atoms with Crippen LogP contribution in [0.5, 0.6) is 0 Å². The fourth-order valence-corrected chi connectivity index (χ4v) is 3.72. The Morgan fingerprint density at radius 1 is 0.684 bits per heavy atom. The maximum absolute atomic E-state index is 12.6. The summed E-state index contributed by atoms with van der Waals surface area (Å²) in [5.41, 5.74) is 2.19. The monoisotopic (exact) mass is 531 g/mol. The summed E-state index contributed by atoms with van der Waals surface area (Å²) in [5, 5.41) is 29.9. The number of carbonyl (C=O) groups is 2. The lowest BCUT2D eigenvalue weighted by Crippen LogP contribution is -2.20. The first-order chi connectivity index (χ1) is 18.2. The summed E-state index contributed by atoms with van der Waals surface area (Å²) < 4.78 is 0. The summed E-state index contributed by atoms with van der Waals surface area (Å²) in [6.07, 6.45) is 0. The highest BCUT2D eigenvalue weighted by Crippen LogP contribution is 2.27. The van der Waals surface area contributed by atoms with Crippen LogP contribution in [0.1, 0.15) is 10.4 Å². The van der Waals surface area contributed by atoms with E-state index in [9.17, 15) is 29.8 Å². The van der Waals surface area contributed by atoms with Gasteiger partial charge in [0.1, 0.15) is 5.69 Å². The fourth-order valence-electron chi connectivity index (χ4n) is 3.51. The first-order valence-corrected chi connectivity index (χ1v) is 11.4. The molecule has 0 saturated carbocycles. The third-order valence-electron chi connectivity index (χ3n) is 5.37. The highest BCUT2D eigenvalue weighted by Gasteiger charge is 2.17. The highest BCUT2D eigenvalue weighted by molar-refractivity contribution is 6.34. The van der Waals surface area contributed by atoms with Gasteiger partial charge in [-0.2, -0.15) is 0 Å². The number of nitro benzene ring substituents is 2. The number of nitrogens with one attached hydrogen (secondary N) is 3. The maximum Gasteiger partial charge on any atom is 0.323 e. The molecule has 0 fully saturated rings. The molecule has 0 aromatic heterocycles. The van der Waals surface area contributed by atoms with Crippen molar-refractivity contribution in [2.75, 3.05) is 16.0 Å². The van der Waals surface area contributed by atoms with Crippen LogP contribution in [0.3, 0.4) is 0 Å². The molecule has 4 aromatic carbocycles. The number of hydrogen-bond acceptors (Lipinski definition) is 6. The predicted octanol–water partition coefficient (Wildman–Crippen LogP) is 6.72. The highest BCUT2D eigenvalue weighted by atomic mass is 35.5. The second-order valence-corrected chi connectivity index (χ2v) is 8.29. The molecule has 0 aliphatic rings. The Hall–Kier alpha value is -5.29. The van der Waals surface area contributed by atoms with Crippen LogP contribution in [0.25, 0.3) is 11.1 Å². The van der Waals surface area contributed by atoms with E-state index in [4.69, 9.17) is 11.6 Å². The summed E-state index contributed by atoms with van der Waals surface area (Å²) in [6.45, 7) is 0. The number of nitro groups is 2. The van der Waals surface area contributed by atoms with E-state index in [0.29, 0.717) is 11.4 Å². The van der Waals surface area contributed by atoms with Crippen LogP contribution in [-0.4, -0.2) is 21.8 Å². The third kappa shape index (κ3) is 6.09. The Balaban J connectivity index is 1.39. The molecule has 4 rings (SSSR count). The number of amides is 3. The average molecular weight is 532 g/mol. The molecular formula is C26H18ClN5O6.